The topological polar surface area (TPSA) is 141 Å². The zero-order valence-electron chi connectivity index (χ0n) is 19.7. The molecule has 2 aromatic carbocycles. The third-order valence-electron chi connectivity index (χ3n) is 5.21. The van der Waals surface area contributed by atoms with Gasteiger partial charge in [0.25, 0.3) is 0 Å². The number of hydrogen-bond acceptors (Lipinski definition) is 10. The Labute approximate surface area is 225 Å². The van der Waals surface area contributed by atoms with E-state index in [0.29, 0.717) is 57.2 Å². The molecule has 0 aliphatic rings. The molecule has 38 heavy (non-hydrogen) atoms. The van der Waals surface area contributed by atoms with E-state index < -0.39 is 11.6 Å². The Kier molecular flexibility index (Phi) is 8.71. The van der Waals surface area contributed by atoms with Gasteiger partial charge in [0.2, 0.25) is 0 Å². The quantitative estimate of drug-likeness (QED) is 0.170. The predicted molar refractivity (Wildman–Crippen MR) is 142 cm³/mol. The second kappa shape index (κ2) is 12.3. The average Bonchev–Trinajstić information content (AvgIpc) is 3.37. The molecule has 8 nitrogen and oxygen atoms in total. The number of nitrogen functional groups attached to an aromatic ring is 1. The molecular weight excluding hydrogens is 530 g/mol. The van der Waals surface area contributed by atoms with Crippen LogP contribution < -0.4 is 15.8 Å². The van der Waals surface area contributed by atoms with E-state index in [1.165, 1.54) is 29.2 Å². The van der Waals surface area contributed by atoms with Crippen LogP contribution in [-0.4, -0.2) is 28.3 Å². The van der Waals surface area contributed by atoms with Crippen molar-refractivity contribution >= 4 is 39.7 Å². The van der Waals surface area contributed by atoms with E-state index in [-0.39, 0.29) is 23.6 Å². The zero-order valence-corrected chi connectivity index (χ0v) is 21.4. The number of thiazole rings is 1. The van der Waals surface area contributed by atoms with Gasteiger partial charge in [-0.15, -0.1) is 11.3 Å². The minimum absolute atomic E-state index is 0.00578. The average molecular weight is 551 g/mol. The molecule has 0 bridgehead atoms. The summed E-state index contributed by atoms with van der Waals surface area (Å²) < 4.78 is 32.2. The number of nitrogens with zero attached hydrogens (tertiary/aromatic N) is 4. The van der Waals surface area contributed by atoms with E-state index in [2.05, 4.69) is 27.4 Å². The number of thioether (sulfide) groups is 1. The van der Waals surface area contributed by atoms with Gasteiger partial charge in [0.15, 0.2) is 16.8 Å². The summed E-state index contributed by atoms with van der Waals surface area (Å²) in [4.78, 5) is 8.76. The molecule has 0 unspecified atom stereocenters. The van der Waals surface area contributed by atoms with Gasteiger partial charge in [-0.05, 0) is 29.8 Å². The van der Waals surface area contributed by atoms with Gasteiger partial charge >= 0.3 is 0 Å². The van der Waals surface area contributed by atoms with Crippen molar-refractivity contribution < 1.29 is 18.6 Å². The van der Waals surface area contributed by atoms with E-state index in [0.717, 1.165) is 12.1 Å². The number of aliphatic hydroxyl groups is 1. The van der Waals surface area contributed by atoms with E-state index in [1.54, 1.807) is 29.6 Å². The Morgan fingerprint density at radius 1 is 1.05 bits per heavy atom. The Bertz CT molecular complexity index is 1530. The number of hydrogen-bond donors (Lipinski definition) is 3. The number of nitrogens with one attached hydrogen (secondary N) is 1. The Morgan fingerprint density at radius 2 is 1.82 bits per heavy atom. The van der Waals surface area contributed by atoms with Gasteiger partial charge in [0, 0.05) is 41.5 Å². The maximum absolute atomic E-state index is 13.5. The molecule has 0 radical (unpaired) electrons. The largest absolute Gasteiger partial charge is 0.494 e. The van der Waals surface area contributed by atoms with Gasteiger partial charge in [-0.3, -0.25) is 0 Å². The zero-order chi connectivity index (χ0) is 27.1. The lowest BCUT2D eigenvalue weighted by atomic mass is 9.97. The van der Waals surface area contributed by atoms with Crippen LogP contribution in [0.2, 0.25) is 0 Å². The lowest BCUT2D eigenvalue weighted by molar-refractivity contribution is 0.233. The molecule has 0 aliphatic carbocycles. The van der Waals surface area contributed by atoms with Gasteiger partial charge < -0.3 is 20.9 Å². The molecule has 4 rings (SSSR count). The standard InChI is InChI=1S/C26H20F2N6O2S2/c27-21-7-4-16(10-22(21)28)32-26-33-17(14-38-26)13-37-25-20(12-30)23(19(11-29)24(31)34-25)15-2-5-18(6-3-15)36-9-1-8-35/h2-7,10,14,35H,1,8-9,13H2,(H2,31,34)(H,32,33). The monoisotopic (exact) mass is 550 g/mol. The number of rotatable bonds is 10. The third kappa shape index (κ3) is 6.18. The van der Waals surface area contributed by atoms with Crippen LogP contribution in [0.3, 0.4) is 0 Å². The minimum Gasteiger partial charge on any atom is -0.494 e. The molecule has 0 amide bonds. The third-order valence-corrected chi connectivity index (χ3v) is 7.02. The number of halogens is 2. The van der Waals surface area contributed by atoms with Gasteiger partial charge in [-0.2, -0.15) is 10.5 Å². The summed E-state index contributed by atoms with van der Waals surface area (Å²) in [6, 6.07) is 14.6. The molecule has 0 spiro atoms. The lowest BCUT2D eigenvalue weighted by Crippen LogP contribution is -2.04. The first-order valence-corrected chi connectivity index (χ1v) is 13.1. The molecule has 0 fully saturated rings. The molecule has 4 aromatic rings. The highest BCUT2D eigenvalue weighted by molar-refractivity contribution is 7.98. The summed E-state index contributed by atoms with van der Waals surface area (Å²) >= 11 is 2.53. The van der Waals surface area contributed by atoms with E-state index in [9.17, 15) is 19.3 Å². The summed E-state index contributed by atoms with van der Waals surface area (Å²) in [5, 5.41) is 34.2. The fraction of sp³-hybridized carbons (Fsp3) is 0.154. The normalized spacial score (nSPS) is 10.6. The van der Waals surface area contributed by atoms with Crippen LogP contribution in [0.4, 0.5) is 25.4 Å². The van der Waals surface area contributed by atoms with Crippen molar-refractivity contribution in [3.63, 3.8) is 0 Å². The van der Waals surface area contributed by atoms with Crippen LogP contribution in [0.1, 0.15) is 23.2 Å². The van der Waals surface area contributed by atoms with Crippen molar-refractivity contribution in [2.24, 2.45) is 0 Å². The number of ether oxygens (including phenoxy) is 1. The van der Waals surface area contributed by atoms with Gasteiger partial charge in [-0.25, -0.2) is 18.7 Å². The number of benzene rings is 2. The van der Waals surface area contributed by atoms with Crippen LogP contribution in [0, 0.1) is 34.3 Å². The summed E-state index contributed by atoms with van der Waals surface area (Å²) in [7, 11) is 0. The predicted octanol–water partition coefficient (Wildman–Crippen LogP) is 5.61. The second-order valence-corrected chi connectivity index (χ2v) is 9.61. The molecule has 0 atom stereocenters. The number of aliphatic hydroxyl groups excluding tert-OH is 1. The van der Waals surface area contributed by atoms with Gasteiger partial charge in [-0.1, -0.05) is 23.9 Å². The molecule has 192 valence electrons. The highest BCUT2D eigenvalue weighted by Crippen LogP contribution is 2.37. The number of nitrogens with two attached hydrogens (primary N) is 1. The van der Waals surface area contributed by atoms with Gasteiger partial charge in [0.05, 0.1) is 17.9 Å². The molecule has 0 saturated heterocycles. The number of aromatic nitrogens is 2. The molecular formula is C26H20F2N6O2S2. The van der Waals surface area contributed by atoms with Gasteiger partial charge in [0.1, 0.15) is 34.3 Å². The lowest BCUT2D eigenvalue weighted by Gasteiger charge is -2.13. The van der Waals surface area contributed by atoms with E-state index in [1.807, 2.05) is 0 Å². The number of pyridine rings is 1. The van der Waals surface area contributed by atoms with Crippen molar-refractivity contribution in [3.05, 3.63) is 76.3 Å². The second-order valence-electron chi connectivity index (χ2n) is 7.79. The summed E-state index contributed by atoms with van der Waals surface area (Å²) in [5.74, 6) is -0.954. The number of nitriles is 2. The summed E-state index contributed by atoms with van der Waals surface area (Å²) in [6.07, 6.45) is 0.502. The maximum Gasteiger partial charge on any atom is 0.187 e. The summed E-state index contributed by atoms with van der Waals surface area (Å²) in [6.45, 7) is 0.388. The van der Waals surface area contributed by atoms with Crippen LogP contribution in [0.25, 0.3) is 11.1 Å². The molecule has 12 heteroatoms. The van der Waals surface area contributed by atoms with Crippen molar-refractivity contribution in [1.82, 2.24) is 9.97 Å². The molecule has 2 heterocycles. The van der Waals surface area contributed by atoms with Crippen molar-refractivity contribution in [3.8, 4) is 29.0 Å². The first kappa shape index (κ1) is 26.8. The fourth-order valence-electron chi connectivity index (χ4n) is 3.43. The molecule has 0 saturated carbocycles. The number of anilines is 3. The van der Waals surface area contributed by atoms with Crippen molar-refractivity contribution in [2.75, 3.05) is 24.3 Å². The summed E-state index contributed by atoms with van der Waals surface area (Å²) in [5.41, 5.74) is 8.44. The molecule has 0 aliphatic heterocycles. The smallest absolute Gasteiger partial charge is 0.187 e. The van der Waals surface area contributed by atoms with Crippen LogP contribution in [-0.2, 0) is 5.75 Å². The fourth-order valence-corrected chi connectivity index (χ4v) is 5.16. The molecule has 4 N–H and O–H groups in total. The first-order valence-electron chi connectivity index (χ1n) is 11.2. The Balaban J connectivity index is 1.55. The highest BCUT2D eigenvalue weighted by atomic mass is 32.2. The Morgan fingerprint density at radius 3 is 2.50 bits per heavy atom. The van der Waals surface area contributed by atoms with Crippen LogP contribution in [0.5, 0.6) is 5.75 Å². The minimum atomic E-state index is -0.962. The van der Waals surface area contributed by atoms with E-state index >= 15 is 0 Å². The van der Waals surface area contributed by atoms with Crippen molar-refractivity contribution in [2.45, 2.75) is 17.2 Å². The maximum atomic E-state index is 13.5. The van der Waals surface area contributed by atoms with Crippen LogP contribution >= 0.6 is 23.1 Å². The van der Waals surface area contributed by atoms with E-state index in [4.69, 9.17) is 15.6 Å². The first-order chi connectivity index (χ1) is 18.4. The molecule has 2 aromatic heterocycles. The highest BCUT2D eigenvalue weighted by Gasteiger charge is 2.21. The van der Waals surface area contributed by atoms with Crippen molar-refractivity contribution in [1.29, 1.82) is 10.5 Å². The SMILES string of the molecule is N#Cc1c(N)nc(SCc2csc(Nc3ccc(F)c(F)c3)n2)c(C#N)c1-c1ccc(OCCCO)cc1. The Hall–Kier alpha value is -4.23. The van der Waals surface area contributed by atoms with Crippen LogP contribution in [0.15, 0.2) is 52.9 Å².